The molecule has 2 aromatic rings. The van der Waals surface area contributed by atoms with Crippen LogP contribution in [0.5, 0.6) is 0 Å². The van der Waals surface area contributed by atoms with Crippen LogP contribution in [0.25, 0.3) is 0 Å². The normalized spacial score (nSPS) is 12.2. The minimum Gasteiger partial charge on any atom is -0.351 e. The van der Waals surface area contributed by atoms with E-state index < -0.39 is 0 Å². The number of nitrogens with one attached hydrogen (secondary N) is 1. The van der Waals surface area contributed by atoms with Crippen molar-refractivity contribution >= 4 is 21.8 Å². The number of nitrogens with zero attached hydrogens (tertiary/aromatic N) is 1. The van der Waals surface area contributed by atoms with Gasteiger partial charge in [0, 0.05) is 17.6 Å². The summed E-state index contributed by atoms with van der Waals surface area (Å²) >= 11 is 3.43. The Bertz CT molecular complexity index is 598. The maximum Gasteiger partial charge on any atom is 0.237 e. The molecule has 0 spiro atoms. The predicted octanol–water partition coefficient (Wildman–Crippen LogP) is 3.59. The van der Waals surface area contributed by atoms with Crippen molar-refractivity contribution in [2.75, 3.05) is 7.05 Å². The van der Waals surface area contributed by atoms with Gasteiger partial charge in [0.15, 0.2) is 0 Å². The van der Waals surface area contributed by atoms with Gasteiger partial charge in [-0.3, -0.25) is 9.69 Å². The number of benzene rings is 2. The van der Waals surface area contributed by atoms with E-state index in [0.717, 1.165) is 16.6 Å². The highest BCUT2D eigenvalue weighted by molar-refractivity contribution is 9.10. The fourth-order valence-electron chi connectivity index (χ4n) is 2.15. The highest BCUT2D eigenvalue weighted by atomic mass is 79.9. The first-order valence-electron chi connectivity index (χ1n) is 7.32. The van der Waals surface area contributed by atoms with Gasteiger partial charge >= 0.3 is 0 Å². The SMILES string of the molecule is C[C@H](C(=O)NCc1ccccc1)N(C)Cc1ccc(Br)cc1. The Labute approximate surface area is 140 Å². The van der Waals surface area contributed by atoms with Crippen molar-refractivity contribution in [2.45, 2.75) is 26.1 Å². The Morgan fingerprint density at radius 3 is 2.36 bits per heavy atom. The molecule has 0 saturated heterocycles. The van der Waals surface area contributed by atoms with Crippen LogP contribution in [0.2, 0.25) is 0 Å². The highest BCUT2D eigenvalue weighted by Crippen LogP contribution is 2.12. The molecule has 2 rings (SSSR count). The number of carbonyl (C=O) groups excluding carboxylic acids is 1. The Morgan fingerprint density at radius 1 is 1.09 bits per heavy atom. The quantitative estimate of drug-likeness (QED) is 0.853. The maximum absolute atomic E-state index is 12.2. The van der Waals surface area contributed by atoms with Gasteiger partial charge in [-0.2, -0.15) is 0 Å². The number of likely N-dealkylation sites (N-methyl/N-ethyl adjacent to an activating group) is 1. The summed E-state index contributed by atoms with van der Waals surface area (Å²) in [6, 6.07) is 17.9. The largest absolute Gasteiger partial charge is 0.351 e. The van der Waals surface area contributed by atoms with Crippen LogP contribution in [0.15, 0.2) is 59.1 Å². The average molecular weight is 361 g/mol. The number of carbonyl (C=O) groups is 1. The molecule has 1 amide bonds. The van der Waals surface area contributed by atoms with E-state index in [1.165, 1.54) is 5.56 Å². The first kappa shape index (κ1) is 16.7. The first-order chi connectivity index (χ1) is 10.6. The summed E-state index contributed by atoms with van der Waals surface area (Å²) in [7, 11) is 1.97. The summed E-state index contributed by atoms with van der Waals surface area (Å²) in [4.78, 5) is 14.3. The number of rotatable bonds is 6. The first-order valence-corrected chi connectivity index (χ1v) is 8.12. The molecule has 0 aromatic heterocycles. The zero-order valence-corrected chi connectivity index (χ0v) is 14.5. The molecule has 0 bridgehead atoms. The molecule has 0 radical (unpaired) electrons. The van der Waals surface area contributed by atoms with Crippen LogP contribution in [0.4, 0.5) is 0 Å². The third-order valence-corrected chi connectivity index (χ3v) is 4.22. The summed E-state index contributed by atoms with van der Waals surface area (Å²) in [5, 5.41) is 2.99. The van der Waals surface area contributed by atoms with Gasteiger partial charge in [0.2, 0.25) is 5.91 Å². The number of hydrogen-bond acceptors (Lipinski definition) is 2. The summed E-state index contributed by atoms with van der Waals surface area (Å²) in [6.45, 7) is 3.24. The molecular weight excluding hydrogens is 340 g/mol. The lowest BCUT2D eigenvalue weighted by Gasteiger charge is -2.24. The minimum absolute atomic E-state index is 0.0449. The van der Waals surface area contributed by atoms with E-state index in [9.17, 15) is 4.79 Å². The molecule has 0 aliphatic carbocycles. The van der Waals surface area contributed by atoms with Gasteiger partial charge < -0.3 is 5.32 Å². The fourth-order valence-corrected chi connectivity index (χ4v) is 2.41. The maximum atomic E-state index is 12.2. The van der Waals surface area contributed by atoms with Gasteiger partial charge in [-0.05, 0) is 37.2 Å². The number of amides is 1. The van der Waals surface area contributed by atoms with Crippen LogP contribution in [-0.4, -0.2) is 23.9 Å². The Balaban J connectivity index is 1.85. The van der Waals surface area contributed by atoms with Crippen LogP contribution >= 0.6 is 15.9 Å². The number of hydrogen-bond donors (Lipinski definition) is 1. The van der Waals surface area contributed by atoms with Gasteiger partial charge in [-0.1, -0.05) is 58.4 Å². The van der Waals surface area contributed by atoms with Crippen molar-refractivity contribution in [3.05, 3.63) is 70.2 Å². The van der Waals surface area contributed by atoms with Gasteiger partial charge in [-0.25, -0.2) is 0 Å². The lowest BCUT2D eigenvalue weighted by Crippen LogP contribution is -2.42. The molecule has 3 nitrogen and oxygen atoms in total. The lowest BCUT2D eigenvalue weighted by atomic mass is 10.2. The van der Waals surface area contributed by atoms with Crippen LogP contribution in [0.1, 0.15) is 18.1 Å². The van der Waals surface area contributed by atoms with Crippen molar-refractivity contribution < 1.29 is 4.79 Å². The van der Waals surface area contributed by atoms with Gasteiger partial charge in [0.05, 0.1) is 6.04 Å². The van der Waals surface area contributed by atoms with Crippen molar-refractivity contribution in [1.82, 2.24) is 10.2 Å². The fraction of sp³-hybridized carbons (Fsp3) is 0.278. The molecule has 2 aromatic carbocycles. The molecule has 116 valence electrons. The van der Waals surface area contributed by atoms with Gasteiger partial charge in [0.1, 0.15) is 0 Å². The third-order valence-electron chi connectivity index (χ3n) is 3.70. The highest BCUT2D eigenvalue weighted by Gasteiger charge is 2.17. The third kappa shape index (κ3) is 4.97. The van der Waals surface area contributed by atoms with Crippen molar-refractivity contribution in [3.8, 4) is 0 Å². The van der Waals surface area contributed by atoms with E-state index in [-0.39, 0.29) is 11.9 Å². The summed E-state index contributed by atoms with van der Waals surface area (Å²) < 4.78 is 1.06. The average Bonchev–Trinajstić information content (AvgIpc) is 2.55. The van der Waals surface area contributed by atoms with Crippen LogP contribution in [0, 0.1) is 0 Å². The predicted molar refractivity (Wildman–Crippen MR) is 93.4 cm³/mol. The van der Waals surface area contributed by atoms with Gasteiger partial charge in [-0.15, -0.1) is 0 Å². The zero-order valence-electron chi connectivity index (χ0n) is 12.9. The number of halogens is 1. The second kappa shape index (κ2) is 8.11. The van der Waals surface area contributed by atoms with Crippen LogP contribution in [0.3, 0.4) is 0 Å². The second-order valence-corrected chi connectivity index (χ2v) is 6.34. The zero-order chi connectivity index (χ0) is 15.9. The lowest BCUT2D eigenvalue weighted by molar-refractivity contribution is -0.125. The van der Waals surface area contributed by atoms with E-state index in [1.807, 2.05) is 61.3 Å². The van der Waals surface area contributed by atoms with E-state index in [1.54, 1.807) is 0 Å². The Morgan fingerprint density at radius 2 is 1.73 bits per heavy atom. The molecule has 1 atom stereocenters. The topological polar surface area (TPSA) is 32.3 Å². The molecule has 0 fully saturated rings. The van der Waals surface area contributed by atoms with E-state index in [0.29, 0.717) is 6.54 Å². The minimum atomic E-state index is -0.174. The van der Waals surface area contributed by atoms with Crippen molar-refractivity contribution in [2.24, 2.45) is 0 Å². The summed E-state index contributed by atoms with van der Waals surface area (Å²) in [6.07, 6.45) is 0. The van der Waals surface area contributed by atoms with E-state index in [2.05, 4.69) is 33.4 Å². The molecule has 4 heteroatoms. The summed E-state index contributed by atoms with van der Waals surface area (Å²) in [5.41, 5.74) is 2.30. The van der Waals surface area contributed by atoms with E-state index in [4.69, 9.17) is 0 Å². The molecule has 0 unspecified atom stereocenters. The molecule has 0 heterocycles. The molecule has 22 heavy (non-hydrogen) atoms. The van der Waals surface area contributed by atoms with Crippen LogP contribution in [-0.2, 0) is 17.9 Å². The Kier molecular flexibility index (Phi) is 6.16. The van der Waals surface area contributed by atoms with E-state index >= 15 is 0 Å². The summed E-state index contributed by atoms with van der Waals surface area (Å²) in [5.74, 6) is 0.0449. The molecule has 1 N–H and O–H groups in total. The molecule has 0 aliphatic rings. The van der Waals surface area contributed by atoms with Crippen molar-refractivity contribution in [1.29, 1.82) is 0 Å². The smallest absolute Gasteiger partial charge is 0.237 e. The Hall–Kier alpha value is -1.65. The standard InChI is InChI=1S/C18H21BrN2O/c1-14(18(22)20-12-15-6-4-3-5-7-15)21(2)13-16-8-10-17(19)11-9-16/h3-11,14H,12-13H2,1-2H3,(H,20,22)/t14-/m1/s1. The molecule has 0 saturated carbocycles. The van der Waals surface area contributed by atoms with Crippen LogP contribution < -0.4 is 5.32 Å². The van der Waals surface area contributed by atoms with Crippen molar-refractivity contribution in [3.63, 3.8) is 0 Å². The monoisotopic (exact) mass is 360 g/mol. The van der Waals surface area contributed by atoms with Gasteiger partial charge in [0.25, 0.3) is 0 Å². The second-order valence-electron chi connectivity index (χ2n) is 5.42. The molecule has 0 aliphatic heterocycles. The molecular formula is C18H21BrN2O.